The van der Waals surface area contributed by atoms with Crippen LogP contribution < -0.4 is 16.0 Å². The average molecular weight is 410 g/mol. The fraction of sp³-hybridized carbons (Fsp3) is 0.238. The molecule has 0 aliphatic carbocycles. The number of benzene rings is 2. The highest BCUT2D eigenvalue weighted by molar-refractivity contribution is 7.80. The summed E-state index contributed by atoms with van der Waals surface area (Å²) in [6, 6.07) is 13.3. The lowest BCUT2D eigenvalue weighted by Crippen LogP contribution is -2.45. The first-order valence-electron chi connectivity index (χ1n) is 9.21. The predicted molar refractivity (Wildman–Crippen MR) is 117 cm³/mol. The van der Waals surface area contributed by atoms with Gasteiger partial charge in [0, 0.05) is 23.5 Å². The van der Waals surface area contributed by atoms with E-state index < -0.39 is 11.0 Å². The summed E-state index contributed by atoms with van der Waals surface area (Å²) in [5.74, 6) is -0.0105. The van der Waals surface area contributed by atoms with Gasteiger partial charge in [0.15, 0.2) is 5.11 Å². The first kappa shape index (κ1) is 20.5. The van der Waals surface area contributed by atoms with Gasteiger partial charge >= 0.3 is 0 Å². The van der Waals surface area contributed by atoms with Crippen molar-refractivity contribution in [3.63, 3.8) is 0 Å². The fourth-order valence-corrected chi connectivity index (χ4v) is 3.61. The number of para-hydroxylation sites is 1. The summed E-state index contributed by atoms with van der Waals surface area (Å²) < 4.78 is 0. The Balaban J connectivity index is 1.96. The minimum absolute atomic E-state index is 0.0113. The van der Waals surface area contributed by atoms with Crippen LogP contribution in [0.4, 0.5) is 11.4 Å². The zero-order valence-corrected chi connectivity index (χ0v) is 17.2. The molecule has 0 radical (unpaired) electrons. The molecule has 2 aromatic rings. The number of nitro groups is 1. The van der Waals surface area contributed by atoms with E-state index in [0.29, 0.717) is 21.9 Å². The molecule has 1 aliphatic heterocycles. The molecule has 3 N–H and O–H groups in total. The van der Waals surface area contributed by atoms with Gasteiger partial charge < -0.3 is 16.0 Å². The molecule has 3 rings (SSSR count). The number of amides is 1. The van der Waals surface area contributed by atoms with Crippen LogP contribution in [0.3, 0.4) is 0 Å². The lowest BCUT2D eigenvalue weighted by molar-refractivity contribution is -0.384. The Hall–Kier alpha value is -3.26. The number of carbonyl (C=O) groups excluding carboxylic acids is 1. The van der Waals surface area contributed by atoms with Gasteiger partial charge in [-0.2, -0.15) is 0 Å². The van der Waals surface area contributed by atoms with Crippen LogP contribution in [0.5, 0.6) is 0 Å². The van der Waals surface area contributed by atoms with Crippen molar-refractivity contribution in [1.29, 1.82) is 0 Å². The third kappa shape index (κ3) is 4.43. The molecular weight excluding hydrogens is 388 g/mol. The van der Waals surface area contributed by atoms with Gasteiger partial charge in [0.2, 0.25) is 0 Å². The highest BCUT2D eigenvalue weighted by atomic mass is 32.1. The van der Waals surface area contributed by atoms with Crippen molar-refractivity contribution in [2.75, 3.05) is 5.32 Å². The maximum absolute atomic E-state index is 13.2. The van der Waals surface area contributed by atoms with E-state index in [-0.39, 0.29) is 17.5 Å². The number of hydrogen-bond donors (Lipinski definition) is 3. The van der Waals surface area contributed by atoms with Gasteiger partial charge in [-0.25, -0.2) is 0 Å². The third-order valence-corrected chi connectivity index (χ3v) is 5.00. The monoisotopic (exact) mass is 410 g/mol. The first-order valence-corrected chi connectivity index (χ1v) is 9.61. The number of anilines is 1. The molecule has 0 bridgehead atoms. The number of nitrogens with one attached hydrogen (secondary N) is 3. The number of nitro benzene ring substituents is 1. The van der Waals surface area contributed by atoms with Crippen molar-refractivity contribution in [2.45, 2.75) is 32.7 Å². The summed E-state index contributed by atoms with van der Waals surface area (Å²) in [5.41, 5.74) is 3.60. The number of hydrogen-bond acceptors (Lipinski definition) is 4. The van der Waals surface area contributed by atoms with Gasteiger partial charge in [-0.1, -0.05) is 32.0 Å². The summed E-state index contributed by atoms with van der Waals surface area (Å²) in [7, 11) is 0. The highest BCUT2D eigenvalue weighted by Gasteiger charge is 2.30. The second kappa shape index (κ2) is 8.40. The normalized spacial score (nSPS) is 16.3. The van der Waals surface area contributed by atoms with Crippen LogP contribution in [0.1, 0.15) is 43.9 Å². The van der Waals surface area contributed by atoms with Crippen LogP contribution in [0.25, 0.3) is 0 Å². The van der Waals surface area contributed by atoms with E-state index in [1.807, 2.05) is 24.3 Å². The van der Waals surface area contributed by atoms with Gasteiger partial charge in [0.25, 0.3) is 11.6 Å². The fourth-order valence-electron chi connectivity index (χ4n) is 3.34. The van der Waals surface area contributed by atoms with Crippen molar-refractivity contribution >= 4 is 34.6 Å². The number of allylic oxidation sites excluding steroid dienone is 1. The van der Waals surface area contributed by atoms with Gasteiger partial charge in [0.05, 0.1) is 16.5 Å². The second-order valence-electron chi connectivity index (χ2n) is 7.11. The molecule has 0 aromatic heterocycles. The van der Waals surface area contributed by atoms with Crippen LogP contribution in [-0.2, 0) is 4.79 Å². The topological polar surface area (TPSA) is 96.3 Å². The van der Waals surface area contributed by atoms with Gasteiger partial charge in [-0.15, -0.1) is 0 Å². The highest BCUT2D eigenvalue weighted by Crippen LogP contribution is 2.30. The van der Waals surface area contributed by atoms with Crippen LogP contribution >= 0.6 is 12.2 Å². The Morgan fingerprint density at radius 1 is 1.17 bits per heavy atom. The quantitative estimate of drug-likeness (QED) is 0.389. The maximum Gasteiger partial charge on any atom is 0.269 e. The molecule has 1 amide bonds. The molecule has 0 fully saturated rings. The average Bonchev–Trinajstić information content (AvgIpc) is 2.67. The SMILES string of the molecule is CC1=C(C(=O)Nc2ccccc2C(C)C)[C@H](c2ccc([N+](=O)[O-])cc2)NC(=S)N1. The number of non-ortho nitro benzene ring substituents is 1. The van der Waals surface area contributed by atoms with E-state index in [9.17, 15) is 14.9 Å². The predicted octanol–water partition coefficient (Wildman–Crippen LogP) is 4.15. The van der Waals surface area contributed by atoms with Crippen LogP contribution in [0, 0.1) is 10.1 Å². The lowest BCUT2D eigenvalue weighted by atomic mass is 9.94. The molecule has 2 aromatic carbocycles. The Labute approximate surface area is 174 Å². The van der Waals surface area contributed by atoms with E-state index in [1.165, 1.54) is 12.1 Å². The Morgan fingerprint density at radius 2 is 1.83 bits per heavy atom. The molecule has 29 heavy (non-hydrogen) atoms. The molecule has 7 nitrogen and oxygen atoms in total. The molecule has 1 aliphatic rings. The number of carbonyl (C=O) groups is 1. The van der Waals surface area contributed by atoms with Crippen molar-refractivity contribution in [3.05, 3.63) is 81.0 Å². The first-order chi connectivity index (χ1) is 13.8. The van der Waals surface area contributed by atoms with E-state index in [0.717, 1.165) is 11.3 Å². The van der Waals surface area contributed by atoms with Crippen molar-refractivity contribution < 1.29 is 9.72 Å². The van der Waals surface area contributed by atoms with Crippen molar-refractivity contribution in [3.8, 4) is 0 Å². The number of thiocarbonyl (C=S) groups is 1. The molecule has 0 unspecified atom stereocenters. The molecule has 0 saturated heterocycles. The Bertz CT molecular complexity index is 999. The standard InChI is InChI=1S/C21H22N4O3S/c1-12(2)16-6-4-5-7-17(16)23-20(26)18-13(3)22-21(29)24-19(18)14-8-10-15(11-9-14)25(27)28/h4-12,19H,1-3H3,(H,23,26)(H2,22,24,29)/t19-/m0/s1. The van der Waals surface area contributed by atoms with E-state index >= 15 is 0 Å². The van der Waals surface area contributed by atoms with E-state index in [4.69, 9.17) is 12.2 Å². The molecule has 0 spiro atoms. The van der Waals surface area contributed by atoms with Crippen molar-refractivity contribution in [1.82, 2.24) is 10.6 Å². The zero-order valence-electron chi connectivity index (χ0n) is 16.4. The maximum atomic E-state index is 13.2. The van der Waals surface area contributed by atoms with E-state index in [1.54, 1.807) is 19.1 Å². The second-order valence-corrected chi connectivity index (χ2v) is 7.52. The summed E-state index contributed by atoms with van der Waals surface area (Å²) in [5, 5.41) is 20.4. The van der Waals surface area contributed by atoms with E-state index in [2.05, 4.69) is 29.8 Å². The van der Waals surface area contributed by atoms with Gasteiger partial charge in [0.1, 0.15) is 0 Å². The van der Waals surface area contributed by atoms with Gasteiger partial charge in [-0.3, -0.25) is 14.9 Å². The molecular formula is C21H22N4O3S. The van der Waals surface area contributed by atoms with Crippen LogP contribution in [0.2, 0.25) is 0 Å². The lowest BCUT2D eigenvalue weighted by Gasteiger charge is -2.30. The summed E-state index contributed by atoms with van der Waals surface area (Å²) >= 11 is 5.26. The Morgan fingerprint density at radius 3 is 2.45 bits per heavy atom. The third-order valence-electron chi connectivity index (χ3n) is 4.78. The minimum Gasteiger partial charge on any atom is -0.351 e. The smallest absolute Gasteiger partial charge is 0.269 e. The summed E-state index contributed by atoms with van der Waals surface area (Å²) in [4.78, 5) is 23.7. The van der Waals surface area contributed by atoms with Crippen molar-refractivity contribution in [2.24, 2.45) is 0 Å². The Kier molecular flexibility index (Phi) is 5.93. The van der Waals surface area contributed by atoms with Gasteiger partial charge in [-0.05, 0) is 54.4 Å². The van der Waals surface area contributed by atoms with Crippen LogP contribution in [0.15, 0.2) is 59.8 Å². The van der Waals surface area contributed by atoms with Crippen LogP contribution in [-0.4, -0.2) is 15.9 Å². The largest absolute Gasteiger partial charge is 0.351 e. The molecule has 1 atom stereocenters. The zero-order chi connectivity index (χ0) is 21.1. The molecule has 0 saturated carbocycles. The molecule has 1 heterocycles. The molecule has 150 valence electrons. The molecule has 8 heteroatoms. The minimum atomic E-state index is -0.518. The summed E-state index contributed by atoms with van der Waals surface area (Å²) in [6.45, 7) is 5.92. The number of rotatable bonds is 5. The number of nitrogens with zero attached hydrogens (tertiary/aromatic N) is 1. The summed E-state index contributed by atoms with van der Waals surface area (Å²) in [6.07, 6.45) is 0.